The lowest BCUT2D eigenvalue weighted by molar-refractivity contribution is -0.906. The highest BCUT2D eigenvalue weighted by molar-refractivity contribution is 7.80. The summed E-state index contributed by atoms with van der Waals surface area (Å²) in [7, 11) is 0. The minimum absolute atomic E-state index is 0.241. The number of alkyl halides is 3. The summed E-state index contributed by atoms with van der Waals surface area (Å²) in [5, 5.41) is 10.3. The summed E-state index contributed by atoms with van der Waals surface area (Å²) in [6.07, 6.45) is -1.22. The standard InChI is InChI=1S/C17H20F3N5OS/c18-17(19,20)13-2-3-15(25-6-1-4-22-25)14(12-13)23-16(27)21-5-7-24-8-10-26-11-9-24/h1-4,6,12H,5,7-11H2,(H2,21,23,27)/p+1. The van der Waals surface area contributed by atoms with Gasteiger partial charge in [0.05, 0.1) is 43.2 Å². The Hall–Kier alpha value is -2.17. The number of hydrogen-bond donors (Lipinski definition) is 3. The molecule has 1 aliphatic heterocycles. The molecule has 0 unspecified atom stereocenters. The predicted octanol–water partition coefficient (Wildman–Crippen LogP) is 1.09. The maximum absolute atomic E-state index is 13.1. The summed E-state index contributed by atoms with van der Waals surface area (Å²) in [4.78, 5) is 1.41. The zero-order valence-corrected chi connectivity index (χ0v) is 15.4. The van der Waals surface area contributed by atoms with Crippen molar-refractivity contribution in [2.45, 2.75) is 6.18 Å². The molecular formula is C17H21F3N5OS+. The van der Waals surface area contributed by atoms with E-state index in [0.29, 0.717) is 12.2 Å². The number of anilines is 1. The van der Waals surface area contributed by atoms with Crippen LogP contribution in [0.3, 0.4) is 0 Å². The predicted molar refractivity (Wildman–Crippen MR) is 99.2 cm³/mol. The molecule has 146 valence electrons. The number of aromatic nitrogens is 2. The Kier molecular flexibility index (Phi) is 6.30. The van der Waals surface area contributed by atoms with Crippen molar-refractivity contribution >= 4 is 23.0 Å². The molecule has 0 aliphatic carbocycles. The van der Waals surface area contributed by atoms with Crippen molar-refractivity contribution in [1.82, 2.24) is 15.1 Å². The summed E-state index contributed by atoms with van der Waals surface area (Å²) in [5.41, 5.74) is -0.0258. The van der Waals surface area contributed by atoms with Crippen molar-refractivity contribution < 1.29 is 22.8 Å². The molecule has 1 aromatic carbocycles. The number of nitrogens with zero attached hydrogens (tertiary/aromatic N) is 2. The van der Waals surface area contributed by atoms with Gasteiger partial charge in [0.1, 0.15) is 13.1 Å². The normalized spacial score (nSPS) is 15.5. The topological polar surface area (TPSA) is 55.5 Å². The van der Waals surface area contributed by atoms with Crippen LogP contribution in [0.15, 0.2) is 36.7 Å². The van der Waals surface area contributed by atoms with Crippen LogP contribution in [0.4, 0.5) is 18.9 Å². The molecule has 1 saturated heterocycles. The van der Waals surface area contributed by atoms with Crippen molar-refractivity contribution in [3.8, 4) is 5.69 Å². The van der Waals surface area contributed by atoms with Crippen LogP contribution in [0.25, 0.3) is 5.69 Å². The molecular weight excluding hydrogens is 379 g/mol. The zero-order valence-electron chi connectivity index (χ0n) is 14.6. The number of hydrogen-bond acceptors (Lipinski definition) is 3. The first kappa shape index (κ1) is 19.6. The van der Waals surface area contributed by atoms with Crippen molar-refractivity contribution in [1.29, 1.82) is 0 Å². The molecule has 0 bridgehead atoms. The third kappa shape index (κ3) is 5.41. The Balaban J connectivity index is 1.67. The fourth-order valence-corrected chi connectivity index (χ4v) is 3.06. The van der Waals surface area contributed by atoms with E-state index in [1.807, 2.05) is 0 Å². The van der Waals surface area contributed by atoms with Crippen molar-refractivity contribution in [2.24, 2.45) is 0 Å². The van der Waals surface area contributed by atoms with Gasteiger partial charge in [-0.1, -0.05) is 0 Å². The number of rotatable bonds is 5. The van der Waals surface area contributed by atoms with Crippen LogP contribution in [-0.4, -0.2) is 54.3 Å². The fourth-order valence-electron chi connectivity index (χ4n) is 2.85. The summed E-state index contributed by atoms with van der Waals surface area (Å²) in [6, 6.07) is 5.14. The average Bonchev–Trinajstić information content (AvgIpc) is 3.16. The lowest BCUT2D eigenvalue weighted by atomic mass is 10.1. The van der Waals surface area contributed by atoms with Crippen molar-refractivity contribution in [2.75, 3.05) is 44.7 Å². The number of quaternary nitrogens is 1. The molecule has 3 N–H and O–H groups in total. The summed E-state index contributed by atoms with van der Waals surface area (Å²) >= 11 is 5.26. The minimum atomic E-state index is -4.44. The molecule has 2 heterocycles. The number of nitrogens with one attached hydrogen (secondary N) is 3. The molecule has 1 aromatic heterocycles. The Bertz CT molecular complexity index is 760. The first-order chi connectivity index (χ1) is 12.9. The second kappa shape index (κ2) is 8.68. The quantitative estimate of drug-likeness (QED) is 0.657. The molecule has 0 spiro atoms. The largest absolute Gasteiger partial charge is 0.416 e. The van der Waals surface area contributed by atoms with Crippen molar-refractivity contribution in [3.63, 3.8) is 0 Å². The van der Waals surface area contributed by atoms with Gasteiger partial charge >= 0.3 is 6.18 Å². The Morgan fingerprint density at radius 3 is 2.74 bits per heavy atom. The van der Waals surface area contributed by atoms with Gasteiger partial charge < -0.3 is 20.3 Å². The summed E-state index contributed by atoms with van der Waals surface area (Å²) in [6.45, 7) is 4.86. The van der Waals surface area contributed by atoms with Crippen LogP contribution in [-0.2, 0) is 10.9 Å². The molecule has 1 fully saturated rings. The Morgan fingerprint density at radius 1 is 1.30 bits per heavy atom. The number of benzene rings is 1. The van der Waals surface area contributed by atoms with Gasteiger partial charge in [-0.15, -0.1) is 0 Å². The fraction of sp³-hybridized carbons (Fsp3) is 0.412. The van der Waals surface area contributed by atoms with E-state index in [-0.39, 0.29) is 10.8 Å². The first-order valence-corrected chi connectivity index (χ1v) is 9.02. The molecule has 2 aromatic rings. The number of thiocarbonyl (C=S) groups is 1. The van der Waals surface area contributed by atoms with E-state index in [1.165, 1.54) is 15.6 Å². The molecule has 0 atom stereocenters. The van der Waals surface area contributed by atoms with E-state index in [4.69, 9.17) is 17.0 Å². The van der Waals surface area contributed by atoms with Gasteiger partial charge in [0, 0.05) is 12.4 Å². The Labute approximate surface area is 160 Å². The average molecular weight is 400 g/mol. The SMILES string of the molecule is FC(F)(F)c1ccc(-n2cccn2)c(NC(=S)NCC[NH+]2CCOCC2)c1. The van der Waals surface area contributed by atoms with Gasteiger partial charge in [0.15, 0.2) is 5.11 Å². The highest BCUT2D eigenvalue weighted by Crippen LogP contribution is 2.33. The van der Waals surface area contributed by atoms with E-state index in [1.54, 1.807) is 18.5 Å². The molecule has 6 nitrogen and oxygen atoms in total. The molecule has 27 heavy (non-hydrogen) atoms. The highest BCUT2D eigenvalue weighted by Gasteiger charge is 2.31. The monoisotopic (exact) mass is 400 g/mol. The number of ether oxygens (including phenoxy) is 1. The van der Waals surface area contributed by atoms with Crippen LogP contribution in [0.1, 0.15) is 5.56 Å². The lowest BCUT2D eigenvalue weighted by Gasteiger charge is -2.24. The van der Waals surface area contributed by atoms with Gasteiger partial charge in [0.25, 0.3) is 0 Å². The number of morpholine rings is 1. The smallest absolute Gasteiger partial charge is 0.370 e. The molecule has 3 rings (SSSR count). The van der Waals surface area contributed by atoms with Crippen LogP contribution in [0, 0.1) is 0 Å². The highest BCUT2D eigenvalue weighted by atomic mass is 32.1. The van der Waals surface area contributed by atoms with Gasteiger partial charge in [-0.25, -0.2) is 4.68 Å². The third-order valence-corrected chi connectivity index (χ3v) is 4.53. The van der Waals surface area contributed by atoms with Crippen LogP contribution < -0.4 is 15.5 Å². The van der Waals surface area contributed by atoms with Gasteiger partial charge in [-0.3, -0.25) is 0 Å². The zero-order chi connectivity index (χ0) is 19.3. The van der Waals surface area contributed by atoms with E-state index in [9.17, 15) is 13.2 Å². The maximum atomic E-state index is 13.1. The van der Waals surface area contributed by atoms with Crippen LogP contribution in [0.5, 0.6) is 0 Å². The van der Waals surface area contributed by atoms with Gasteiger partial charge in [0.2, 0.25) is 0 Å². The maximum Gasteiger partial charge on any atom is 0.416 e. The van der Waals surface area contributed by atoms with Crippen molar-refractivity contribution in [3.05, 3.63) is 42.2 Å². The van der Waals surface area contributed by atoms with Gasteiger partial charge in [-0.05, 0) is 36.5 Å². The summed E-state index contributed by atoms with van der Waals surface area (Å²) < 4.78 is 46.0. The minimum Gasteiger partial charge on any atom is -0.370 e. The second-order valence-electron chi connectivity index (χ2n) is 6.17. The molecule has 0 saturated carbocycles. The molecule has 0 amide bonds. The van der Waals surface area contributed by atoms with Crippen LogP contribution in [0.2, 0.25) is 0 Å². The van der Waals surface area contributed by atoms with E-state index < -0.39 is 11.7 Å². The molecule has 1 aliphatic rings. The number of halogens is 3. The van der Waals surface area contributed by atoms with Crippen LogP contribution >= 0.6 is 12.2 Å². The van der Waals surface area contributed by atoms with Gasteiger partial charge in [-0.2, -0.15) is 18.3 Å². The second-order valence-corrected chi connectivity index (χ2v) is 6.58. The van der Waals surface area contributed by atoms with E-state index in [0.717, 1.165) is 45.0 Å². The Morgan fingerprint density at radius 2 is 2.07 bits per heavy atom. The molecule has 10 heteroatoms. The van der Waals surface area contributed by atoms with E-state index in [2.05, 4.69) is 15.7 Å². The third-order valence-electron chi connectivity index (χ3n) is 4.29. The summed E-state index contributed by atoms with van der Waals surface area (Å²) in [5.74, 6) is 0. The molecule has 0 radical (unpaired) electrons. The first-order valence-electron chi connectivity index (χ1n) is 8.61. The lowest BCUT2D eigenvalue weighted by Crippen LogP contribution is -3.14. The van der Waals surface area contributed by atoms with E-state index >= 15 is 0 Å².